The van der Waals surface area contributed by atoms with Crippen LogP contribution in [0.25, 0.3) is 0 Å². The van der Waals surface area contributed by atoms with Crippen LogP contribution in [0.4, 0.5) is 0 Å². The maximum absolute atomic E-state index is 12.8. The van der Waals surface area contributed by atoms with Gasteiger partial charge >= 0.3 is 11.9 Å². The number of hydrogen-bond donors (Lipinski definition) is 0. The number of methoxy groups -OCH3 is 2. The second-order valence-electron chi connectivity index (χ2n) is 4.77. The third kappa shape index (κ3) is 5.67. The van der Waals surface area contributed by atoms with Gasteiger partial charge in [0, 0.05) is 13.7 Å². The van der Waals surface area contributed by atoms with Crippen molar-refractivity contribution < 1.29 is 32.2 Å². The van der Waals surface area contributed by atoms with Crippen molar-refractivity contribution in [2.75, 3.05) is 40.5 Å². The van der Waals surface area contributed by atoms with Crippen molar-refractivity contribution in [3.05, 3.63) is 28.8 Å². The summed E-state index contributed by atoms with van der Waals surface area (Å²) in [4.78, 5) is 23.0. The van der Waals surface area contributed by atoms with Gasteiger partial charge in [-0.05, 0) is 25.1 Å². The quantitative estimate of drug-likeness (QED) is 0.583. The van der Waals surface area contributed by atoms with Crippen molar-refractivity contribution >= 4 is 33.6 Å². The van der Waals surface area contributed by atoms with Crippen LogP contribution < -0.4 is 0 Å². The van der Waals surface area contributed by atoms with Gasteiger partial charge in [0.15, 0.2) is 0 Å². The van der Waals surface area contributed by atoms with E-state index in [0.29, 0.717) is 0 Å². The maximum atomic E-state index is 12.8. The highest BCUT2D eigenvalue weighted by atomic mass is 35.5. The predicted octanol–water partition coefficient (Wildman–Crippen LogP) is 1.33. The van der Waals surface area contributed by atoms with Gasteiger partial charge in [0.05, 0.1) is 30.9 Å². The zero-order valence-electron chi connectivity index (χ0n) is 14.2. The predicted molar refractivity (Wildman–Crippen MR) is 90.1 cm³/mol. The van der Waals surface area contributed by atoms with E-state index in [1.54, 1.807) is 6.92 Å². The zero-order chi connectivity index (χ0) is 19.0. The molecule has 1 aromatic rings. The summed E-state index contributed by atoms with van der Waals surface area (Å²) in [6, 6.07) is 3.66. The number of esters is 2. The third-order valence-electron chi connectivity index (χ3n) is 3.13. The van der Waals surface area contributed by atoms with Crippen molar-refractivity contribution in [2.45, 2.75) is 11.8 Å². The second kappa shape index (κ2) is 9.71. The van der Waals surface area contributed by atoms with Crippen LogP contribution in [-0.4, -0.2) is 65.2 Å². The van der Waals surface area contributed by atoms with Gasteiger partial charge in [0.1, 0.15) is 11.4 Å². The minimum Gasteiger partial charge on any atom is -0.465 e. The van der Waals surface area contributed by atoms with E-state index < -0.39 is 28.5 Å². The minimum absolute atomic E-state index is 0.0628. The van der Waals surface area contributed by atoms with E-state index in [1.165, 1.54) is 32.4 Å². The number of nitrogens with zero attached hydrogens (tertiary/aromatic N) is 1. The molecule has 0 N–H and O–H groups in total. The molecule has 25 heavy (non-hydrogen) atoms. The van der Waals surface area contributed by atoms with E-state index in [-0.39, 0.29) is 35.2 Å². The first kappa shape index (κ1) is 21.4. The van der Waals surface area contributed by atoms with Crippen molar-refractivity contribution in [1.29, 1.82) is 0 Å². The molecule has 0 amide bonds. The Bertz CT molecular complexity index is 721. The van der Waals surface area contributed by atoms with E-state index in [4.69, 9.17) is 21.1 Å². The Balaban J connectivity index is 3.19. The average Bonchev–Trinajstić information content (AvgIpc) is 2.57. The fourth-order valence-corrected chi connectivity index (χ4v) is 3.81. The molecular weight excluding hydrogens is 374 g/mol. The van der Waals surface area contributed by atoms with Crippen LogP contribution in [0.1, 0.15) is 17.3 Å². The number of benzene rings is 1. The molecule has 10 heteroatoms. The van der Waals surface area contributed by atoms with Gasteiger partial charge < -0.3 is 14.2 Å². The van der Waals surface area contributed by atoms with Crippen molar-refractivity contribution in [1.82, 2.24) is 4.31 Å². The molecule has 0 spiro atoms. The molecule has 0 fully saturated rings. The van der Waals surface area contributed by atoms with E-state index in [1.807, 2.05) is 0 Å². The van der Waals surface area contributed by atoms with Crippen LogP contribution in [-0.2, 0) is 29.0 Å². The standard InChI is InChI=1S/C15H20ClNO7S/c1-4-24-14(18)10-17(7-8-22-2)25(20,21)13-6-5-11(9-12(13)16)15(19)23-3/h5-6,9H,4,7-8,10H2,1-3H3. The largest absolute Gasteiger partial charge is 0.465 e. The molecular formula is C15H20ClNO7S. The van der Waals surface area contributed by atoms with Gasteiger partial charge in [-0.25, -0.2) is 13.2 Å². The number of ether oxygens (including phenoxy) is 3. The SMILES string of the molecule is CCOC(=O)CN(CCOC)S(=O)(=O)c1ccc(C(=O)OC)cc1Cl. The Morgan fingerprint density at radius 3 is 2.44 bits per heavy atom. The van der Waals surface area contributed by atoms with Crippen molar-refractivity contribution in [3.8, 4) is 0 Å². The first-order chi connectivity index (χ1) is 11.8. The first-order valence-electron chi connectivity index (χ1n) is 7.30. The van der Waals surface area contributed by atoms with Gasteiger partial charge in [0.25, 0.3) is 0 Å². The molecule has 0 aliphatic carbocycles. The molecule has 8 nitrogen and oxygen atoms in total. The van der Waals surface area contributed by atoms with Crippen LogP contribution in [0.2, 0.25) is 5.02 Å². The molecule has 0 saturated carbocycles. The number of halogens is 1. The molecule has 0 aliphatic rings. The molecule has 0 bridgehead atoms. The summed E-state index contributed by atoms with van der Waals surface area (Å²) < 4.78 is 40.8. The van der Waals surface area contributed by atoms with Gasteiger partial charge in [-0.2, -0.15) is 4.31 Å². The topological polar surface area (TPSA) is 99.2 Å². The number of carbonyl (C=O) groups is 2. The summed E-state index contributed by atoms with van der Waals surface area (Å²) in [5, 5.41) is -0.158. The third-order valence-corrected chi connectivity index (χ3v) is 5.45. The van der Waals surface area contributed by atoms with Gasteiger partial charge in [-0.15, -0.1) is 0 Å². The van der Waals surface area contributed by atoms with Crippen LogP contribution in [0.5, 0.6) is 0 Å². The van der Waals surface area contributed by atoms with Gasteiger partial charge in [-0.1, -0.05) is 11.6 Å². The minimum atomic E-state index is -4.10. The summed E-state index contributed by atoms with van der Waals surface area (Å²) in [5.74, 6) is -1.34. The lowest BCUT2D eigenvalue weighted by Gasteiger charge is -2.21. The van der Waals surface area contributed by atoms with E-state index in [0.717, 1.165) is 4.31 Å². The second-order valence-corrected chi connectivity index (χ2v) is 7.09. The monoisotopic (exact) mass is 393 g/mol. The lowest BCUT2D eigenvalue weighted by atomic mass is 10.2. The Morgan fingerprint density at radius 1 is 1.24 bits per heavy atom. The molecule has 0 saturated heterocycles. The zero-order valence-corrected chi connectivity index (χ0v) is 15.7. The number of sulfonamides is 1. The first-order valence-corrected chi connectivity index (χ1v) is 9.12. The van der Waals surface area contributed by atoms with Crippen LogP contribution >= 0.6 is 11.6 Å². The Hall–Kier alpha value is -1.68. The highest BCUT2D eigenvalue weighted by molar-refractivity contribution is 7.89. The highest BCUT2D eigenvalue weighted by Gasteiger charge is 2.29. The van der Waals surface area contributed by atoms with E-state index in [9.17, 15) is 18.0 Å². The maximum Gasteiger partial charge on any atom is 0.337 e. The molecule has 1 rings (SSSR count). The lowest BCUT2D eigenvalue weighted by Crippen LogP contribution is -2.38. The Labute approximate surface area is 151 Å². The molecule has 1 aromatic carbocycles. The Kier molecular flexibility index (Phi) is 8.30. The molecule has 0 heterocycles. The summed E-state index contributed by atoms with van der Waals surface area (Å²) in [7, 11) is -1.49. The molecule has 0 radical (unpaired) electrons. The lowest BCUT2D eigenvalue weighted by molar-refractivity contribution is -0.143. The average molecular weight is 394 g/mol. The number of carbonyl (C=O) groups excluding carboxylic acids is 2. The van der Waals surface area contributed by atoms with Crippen LogP contribution in [0.15, 0.2) is 23.1 Å². The number of rotatable bonds is 9. The van der Waals surface area contributed by atoms with Crippen LogP contribution in [0, 0.1) is 0 Å². The Morgan fingerprint density at radius 2 is 1.92 bits per heavy atom. The normalized spacial score (nSPS) is 11.4. The molecule has 0 atom stereocenters. The molecule has 0 unspecified atom stereocenters. The molecule has 0 aliphatic heterocycles. The summed E-state index contributed by atoms with van der Waals surface area (Å²) >= 11 is 6.03. The summed E-state index contributed by atoms with van der Waals surface area (Å²) in [5.41, 5.74) is 0.111. The number of hydrogen-bond acceptors (Lipinski definition) is 7. The molecule has 0 aromatic heterocycles. The van der Waals surface area contributed by atoms with Crippen molar-refractivity contribution in [2.24, 2.45) is 0 Å². The smallest absolute Gasteiger partial charge is 0.337 e. The fourth-order valence-electron chi connectivity index (χ4n) is 1.92. The van der Waals surface area contributed by atoms with Crippen molar-refractivity contribution in [3.63, 3.8) is 0 Å². The van der Waals surface area contributed by atoms with E-state index in [2.05, 4.69) is 4.74 Å². The van der Waals surface area contributed by atoms with Gasteiger partial charge in [0.2, 0.25) is 10.0 Å². The molecule has 140 valence electrons. The highest BCUT2D eigenvalue weighted by Crippen LogP contribution is 2.26. The summed E-state index contributed by atoms with van der Waals surface area (Å²) in [6.07, 6.45) is 0. The van der Waals surface area contributed by atoms with Crippen LogP contribution in [0.3, 0.4) is 0 Å². The summed E-state index contributed by atoms with van der Waals surface area (Å²) in [6.45, 7) is 1.29. The van der Waals surface area contributed by atoms with E-state index >= 15 is 0 Å². The van der Waals surface area contributed by atoms with Gasteiger partial charge in [-0.3, -0.25) is 4.79 Å². The fraction of sp³-hybridized carbons (Fsp3) is 0.467.